The number of benzene rings is 2. The van der Waals surface area contributed by atoms with Crippen molar-refractivity contribution >= 4 is 37.5 Å². The molecule has 0 unspecified atom stereocenters. The molecule has 2 aromatic carbocycles. The molecule has 0 spiro atoms. The first-order valence-corrected chi connectivity index (χ1v) is 7.18. The van der Waals surface area contributed by atoms with Crippen LogP contribution in [0.25, 0.3) is 20.2 Å². The maximum Gasteiger partial charge on any atom is 0.303 e. The molecular weight excluding hydrogens is 256 g/mol. The molecule has 0 bridgehead atoms. The van der Waals surface area contributed by atoms with Crippen LogP contribution in [0.15, 0.2) is 42.5 Å². The minimum absolute atomic E-state index is 0.237. The predicted molar refractivity (Wildman–Crippen MR) is 79.9 cm³/mol. The number of hydrogen-bond acceptors (Lipinski definition) is 2. The molecule has 0 aliphatic rings. The number of thiophene rings is 1. The molecule has 1 heterocycles. The van der Waals surface area contributed by atoms with Crippen molar-refractivity contribution in [3.05, 3.63) is 48.0 Å². The van der Waals surface area contributed by atoms with Crippen molar-refractivity contribution in [2.24, 2.45) is 0 Å². The van der Waals surface area contributed by atoms with E-state index in [1.165, 1.54) is 25.7 Å². The van der Waals surface area contributed by atoms with Gasteiger partial charge in [0.1, 0.15) is 0 Å². The van der Waals surface area contributed by atoms with Gasteiger partial charge in [-0.1, -0.05) is 36.4 Å². The van der Waals surface area contributed by atoms with Crippen molar-refractivity contribution in [1.82, 2.24) is 0 Å². The summed E-state index contributed by atoms with van der Waals surface area (Å²) < 4.78 is 2.59. The Bertz CT molecular complexity index is 743. The summed E-state index contributed by atoms with van der Waals surface area (Å²) in [7, 11) is 0. The topological polar surface area (TPSA) is 37.3 Å². The third-order valence-corrected chi connectivity index (χ3v) is 4.58. The third-order valence-electron chi connectivity index (χ3n) is 3.32. The van der Waals surface area contributed by atoms with E-state index in [4.69, 9.17) is 5.11 Å². The van der Waals surface area contributed by atoms with Gasteiger partial charge in [-0.3, -0.25) is 4.79 Å². The van der Waals surface area contributed by atoms with Crippen molar-refractivity contribution in [3.8, 4) is 0 Å². The fourth-order valence-corrected chi connectivity index (χ4v) is 3.68. The number of fused-ring (bicyclic) bond motifs is 3. The van der Waals surface area contributed by atoms with E-state index in [1.54, 1.807) is 11.3 Å². The van der Waals surface area contributed by atoms with Crippen LogP contribution in [0.1, 0.15) is 18.4 Å². The first-order chi connectivity index (χ1) is 9.25. The lowest BCUT2D eigenvalue weighted by Crippen LogP contribution is -1.95. The van der Waals surface area contributed by atoms with E-state index in [2.05, 4.69) is 42.5 Å². The van der Waals surface area contributed by atoms with Crippen LogP contribution in [0.2, 0.25) is 0 Å². The van der Waals surface area contributed by atoms with Gasteiger partial charge < -0.3 is 5.11 Å². The van der Waals surface area contributed by atoms with Crippen molar-refractivity contribution < 1.29 is 9.90 Å². The Morgan fingerprint density at radius 1 is 1.05 bits per heavy atom. The molecule has 0 aliphatic heterocycles. The van der Waals surface area contributed by atoms with Gasteiger partial charge in [0.15, 0.2) is 0 Å². The molecule has 3 aromatic rings. The van der Waals surface area contributed by atoms with E-state index in [9.17, 15) is 4.79 Å². The first kappa shape index (κ1) is 12.2. The molecule has 1 N–H and O–H groups in total. The Morgan fingerprint density at radius 3 is 2.68 bits per heavy atom. The van der Waals surface area contributed by atoms with Crippen LogP contribution in [-0.4, -0.2) is 11.1 Å². The standard InChI is InChI=1S/C16H14O2S/c17-15(18)10-4-6-11-5-3-8-13-12-7-1-2-9-14(12)19-16(11)13/h1-3,5,7-9H,4,6,10H2,(H,17,18). The lowest BCUT2D eigenvalue weighted by molar-refractivity contribution is -0.137. The molecule has 0 amide bonds. The lowest BCUT2D eigenvalue weighted by Gasteiger charge is -2.01. The molecule has 0 aliphatic carbocycles. The van der Waals surface area contributed by atoms with Crippen molar-refractivity contribution in [1.29, 1.82) is 0 Å². The maximum atomic E-state index is 10.6. The lowest BCUT2D eigenvalue weighted by atomic mass is 10.0. The number of carboxylic acid groups (broad SMARTS) is 1. The van der Waals surface area contributed by atoms with Gasteiger partial charge in [-0.2, -0.15) is 0 Å². The van der Waals surface area contributed by atoms with Crippen LogP contribution < -0.4 is 0 Å². The Hall–Kier alpha value is -1.87. The van der Waals surface area contributed by atoms with Crippen LogP contribution in [-0.2, 0) is 11.2 Å². The Morgan fingerprint density at radius 2 is 1.84 bits per heavy atom. The summed E-state index contributed by atoms with van der Waals surface area (Å²) in [6.07, 6.45) is 1.76. The van der Waals surface area contributed by atoms with Gasteiger partial charge in [-0.15, -0.1) is 11.3 Å². The number of carboxylic acids is 1. The number of aliphatic carboxylic acids is 1. The van der Waals surface area contributed by atoms with Crippen molar-refractivity contribution in [2.45, 2.75) is 19.3 Å². The minimum Gasteiger partial charge on any atom is -0.481 e. The van der Waals surface area contributed by atoms with Crippen molar-refractivity contribution in [3.63, 3.8) is 0 Å². The van der Waals surface area contributed by atoms with Gasteiger partial charge in [0.05, 0.1) is 0 Å². The van der Waals surface area contributed by atoms with Crippen molar-refractivity contribution in [2.75, 3.05) is 0 Å². The second kappa shape index (κ2) is 5.02. The predicted octanol–water partition coefficient (Wildman–Crippen LogP) is 4.46. The highest BCUT2D eigenvalue weighted by atomic mass is 32.1. The van der Waals surface area contributed by atoms with Crippen LogP contribution >= 0.6 is 11.3 Å². The zero-order valence-electron chi connectivity index (χ0n) is 10.4. The van der Waals surface area contributed by atoms with Gasteiger partial charge in [-0.05, 0) is 24.5 Å². The Labute approximate surface area is 115 Å². The third kappa shape index (κ3) is 2.34. The zero-order chi connectivity index (χ0) is 13.2. The van der Waals surface area contributed by atoms with Crippen LogP contribution in [0.5, 0.6) is 0 Å². The fourth-order valence-electron chi connectivity index (χ4n) is 2.43. The SMILES string of the molecule is O=C(O)CCCc1cccc2c1sc1ccccc12. The zero-order valence-corrected chi connectivity index (χ0v) is 11.2. The van der Waals surface area contributed by atoms with E-state index in [0.29, 0.717) is 6.42 Å². The number of hydrogen-bond donors (Lipinski definition) is 1. The Kier molecular flexibility index (Phi) is 3.22. The van der Waals surface area contributed by atoms with E-state index < -0.39 is 5.97 Å². The number of aryl methyl sites for hydroxylation is 1. The van der Waals surface area contributed by atoms with Crippen LogP contribution in [0.4, 0.5) is 0 Å². The summed E-state index contributed by atoms with van der Waals surface area (Å²) >= 11 is 1.80. The minimum atomic E-state index is -0.719. The summed E-state index contributed by atoms with van der Waals surface area (Å²) in [5.41, 5.74) is 1.26. The number of carbonyl (C=O) groups is 1. The second-order valence-corrected chi connectivity index (χ2v) is 5.69. The summed E-state index contributed by atoms with van der Waals surface area (Å²) in [6.45, 7) is 0. The highest BCUT2D eigenvalue weighted by molar-refractivity contribution is 7.26. The average Bonchev–Trinajstić information content (AvgIpc) is 2.78. The van der Waals surface area contributed by atoms with Crippen LogP contribution in [0.3, 0.4) is 0 Å². The van der Waals surface area contributed by atoms with E-state index in [0.717, 1.165) is 6.42 Å². The van der Waals surface area contributed by atoms with Gasteiger partial charge in [0.25, 0.3) is 0 Å². The first-order valence-electron chi connectivity index (χ1n) is 6.36. The highest BCUT2D eigenvalue weighted by Crippen LogP contribution is 2.36. The molecule has 3 heteroatoms. The monoisotopic (exact) mass is 270 g/mol. The van der Waals surface area contributed by atoms with E-state index in [1.807, 2.05) is 0 Å². The second-order valence-electron chi connectivity index (χ2n) is 4.64. The summed E-state index contributed by atoms with van der Waals surface area (Å²) in [4.78, 5) is 10.6. The normalized spacial score (nSPS) is 11.2. The molecule has 0 atom stereocenters. The molecule has 0 fully saturated rings. The smallest absolute Gasteiger partial charge is 0.303 e. The van der Waals surface area contributed by atoms with Crippen LogP contribution in [0, 0.1) is 0 Å². The quantitative estimate of drug-likeness (QED) is 0.760. The molecule has 0 radical (unpaired) electrons. The average molecular weight is 270 g/mol. The maximum absolute atomic E-state index is 10.6. The summed E-state index contributed by atoms with van der Waals surface area (Å²) in [6, 6.07) is 14.7. The molecule has 0 saturated heterocycles. The highest BCUT2D eigenvalue weighted by Gasteiger charge is 2.08. The van der Waals surface area contributed by atoms with E-state index >= 15 is 0 Å². The largest absolute Gasteiger partial charge is 0.481 e. The number of rotatable bonds is 4. The van der Waals surface area contributed by atoms with Gasteiger partial charge in [0.2, 0.25) is 0 Å². The molecule has 3 rings (SSSR count). The van der Waals surface area contributed by atoms with Gasteiger partial charge >= 0.3 is 5.97 Å². The molecule has 2 nitrogen and oxygen atoms in total. The molecule has 1 aromatic heterocycles. The summed E-state index contributed by atoms with van der Waals surface area (Å²) in [5, 5.41) is 11.3. The molecule has 96 valence electrons. The van der Waals surface area contributed by atoms with E-state index in [-0.39, 0.29) is 6.42 Å². The van der Waals surface area contributed by atoms with Gasteiger partial charge in [0, 0.05) is 26.6 Å². The summed E-state index contributed by atoms with van der Waals surface area (Å²) in [5.74, 6) is -0.719. The molecular formula is C16H14O2S. The molecule has 0 saturated carbocycles. The fraction of sp³-hybridized carbons (Fsp3) is 0.188. The molecule has 19 heavy (non-hydrogen) atoms. The Balaban J connectivity index is 2.03. The van der Waals surface area contributed by atoms with Gasteiger partial charge in [-0.25, -0.2) is 0 Å².